The highest BCUT2D eigenvalue weighted by atomic mass is 127. The number of anilines is 2. The number of halogens is 1. The Labute approximate surface area is 182 Å². The molecule has 0 saturated carbocycles. The van der Waals surface area contributed by atoms with Gasteiger partial charge in [0.2, 0.25) is 0 Å². The Kier molecular flexibility index (Phi) is 10.8. The smallest absolute Gasteiger partial charge is 0.323 e. The van der Waals surface area contributed by atoms with Crippen LogP contribution in [0.3, 0.4) is 0 Å². The maximum Gasteiger partial charge on any atom is 0.323 e. The zero-order valence-electron chi connectivity index (χ0n) is 16.7. The van der Waals surface area contributed by atoms with Crippen molar-refractivity contribution in [1.29, 1.82) is 0 Å². The van der Waals surface area contributed by atoms with Crippen LogP contribution in [0.15, 0.2) is 48.5 Å². The lowest BCUT2D eigenvalue weighted by atomic mass is 10.1. The predicted molar refractivity (Wildman–Crippen MR) is 126 cm³/mol. The summed E-state index contributed by atoms with van der Waals surface area (Å²) in [4.78, 5) is 12.1. The maximum absolute atomic E-state index is 12.1. The topological polar surface area (TPSA) is 50.4 Å². The van der Waals surface area contributed by atoms with Crippen LogP contribution in [-0.4, -0.2) is 12.6 Å². The Balaban J connectivity index is 1.60. The van der Waals surface area contributed by atoms with E-state index in [1.165, 1.54) is 44.9 Å². The lowest BCUT2D eigenvalue weighted by Crippen LogP contribution is -2.19. The molecule has 0 aliphatic rings. The Bertz CT molecular complexity index is 687. The summed E-state index contributed by atoms with van der Waals surface area (Å²) in [6.07, 6.45) is 10.4. The Hall–Kier alpha value is -1.76. The van der Waals surface area contributed by atoms with Crippen LogP contribution in [-0.2, 0) is 0 Å². The molecule has 0 atom stereocenters. The summed E-state index contributed by atoms with van der Waals surface area (Å²) in [6.45, 7) is 2.99. The molecule has 0 unspecified atom stereocenters. The standard InChI is InChI=1S/C23H31IN2O2/c1-2-3-4-5-6-7-8-9-18-28-22-16-14-21(15-17-22)26-23(27)25-20-12-10-19(24)11-13-20/h10-17H,2-9,18H2,1H3,(H2,25,26,27). The average molecular weight is 494 g/mol. The van der Waals surface area contributed by atoms with Crippen LogP contribution in [0, 0.1) is 3.57 Å². The molecule has 0 radical (unpaired) electrons. The van der Waals surface area contributed by atoms with Crippen LogP contribution in [0.4, 0.5) is 16.2 Å². The van der Waals surface area contributed by atoms with Crippen LogP contribution in [0.25, 0.3) is 0 Å². The number of unbranched alkanes of at least 4 members (excludes halogenated alkanes) is 7. The number of amides is 2. The van der Waals surface area contributed by atoms with Crippen molar-refractivity contribution >= 4 is 40.0 Å². The van der Waals surface area contributed by atoms with E-state index in [0.29, 0.717) is 0 Å². The van der Waals surface area contributed by atoms with Gasteiger partial charge >= 0.3 is 6.03 Å². The second kappa shape index (κ2) is 13.4. The van der Waals surface area contributed by atoms with Gasteiger partial charge in [0.05, 0.1) is 6.61 Å². The first kappa shape index (κ1) is 22.5. The lowest BCUT2D eigenvalue weighted by Gasteiger charge is -2.09. The molecule has 28 heavy (non-hydrogen) atoms. The number of hydrogen-bond donors (Lipinski definition) is 2. The molecule has 0 bridgehead atoms. The summed E-state index contributed by atoms with van der Waals surface area (Å²) < 4.78 is 6.92. The Morgan fingerprint density at radius 1 is 0.786 bits per heavy atom. The number of ether oxygens (including phenoxy) is 1. The van der Waals surface area contributed by atoms with E-state index in [1.807, 2.05) is 48.5 Å². The third-order valence-electron chi connectivity index (χ3n) is 4.48. The quantitative estimate of drug-likeness (QED) is 0.238. The van der Waals surface area contributed by atoms with Gasteiger partial charge in [-0.2, -0.15) is 0 Å². The van der Waals surface area contributed by atoms with E-state index < -0.39 is 0 Å². The molecule has 0 aliphatic carbocycles. The minimum Gasteiger partial charge on any atom is -0.494 e. The number of benzene rings is 2. The van der Waals surface area contributed by atoms with Crippen molar-refractivity contribution in [1.82, 2.24) is 0 Å². The molecule has 0 aliphatic heterocycles. The van der Waals surface area contributed by atoms with Crippen molar-refractivity contribution in [3.8, 4) is 5.75 Å². The SMILES string of the molecule is CCCCCCCCCCOc1ccc(NC(=O)Nc2ccc(I)cc2)cc1. The third kappa shape index (κ3) is 9.44. The van der Waals surface area contributed by atoms with E-state index in [1.54, 1.807) is 0 Å². The van der Waals surface area contributed by atoms with Crippen molar-refractivity contribution in [2.45, 2.75) is 58.3 Å². The molecular weight excluding hydrogens is 463 g/mol. The summed E-state index contributed by atoms with van der Waals surface area (Å²) in [5, 5.41) is 5.65. The fraction of sp³-hybridized carbons (Fsp3) is 0.435. The second-order valence-corrected chi connectivity index (χ2v) is 8.18. The third-order valence-corrected chi connectivity index (χ3v) is 5.20. The first-order valence-electron chi connectivity index (χ1n) is 10.2. The van der Waals surface area contributed by atoms with Crippen LogP contribution >= 0.6 is 22.6 Å². The van der Waals surface area contributed by atoms with Gasteiger partial charge in [-0.05, 0) is 77.5 Å². The molecule has 0 saturated heterocycles. The number of carbonyl (C=O) groups is 1. The highest BCUT2D eigenvalue weighted by molar-refractivity contribution is 14.1. The van der Waals surface area contributed by atoms with Gasteiger partial charge < -0.3 is 15.4 Å². The molecule has 4 nitrogen and oxygen atoms in total. The van der Waals surface area contributed by atoms with E-state index in [9.17, 15) is 4.79 Å². The molecule has 152 valence electrons. The van der Waals surface area contributed by atoms with Crippen LogP contribution < -0.4 is 15.4 Å². The molecule has 0 heterocycles. The molecule has 5 heteroatoms. The highest BCUT2D eigenvalue weighted by Gasteiger charge is 2.03. The fourth-order valence-corrected chi connectivity index (χ4v) is 3.25. The van der Waals surface area contributed by atoms with Gasteiger partial charge in [0, 0.05) is 14.9 Å². The zero-order chi connectivity index (χ0) is 20.0. The first-order chi connectivity index (χ1) is 13.7. The number of carbonyl (C=O) groups excluding carboxylic acids is 1. The van der Waals surface area contributed by atoms with Crippen molar-refractivity contribution in [2.75, 3.05) is 17.2 Å². The summed E-state index contributed by atoms with van der Waals surface area (Å²) >= 11 is 2.23. The van der Waals surface area contributed by atoms with Gasteiger partial charge in [-0.1, -0.05) is 51.9 Å². The maximum atomic E-state index is 12.1. The monoisotopic (exact) mass is 494 g/mol. The van der Waals surface area contributed by atoms with Gasteiger partial charge in [-0.15, -0.1) is 0 Å². The van der Waals surface area contributed by atoms with E-state index in [4.69, 9.17) is 4.74 Å². The van der Waals surface area contributed by atoms with Gasteiger partial charge in [0.15, 0.2) is 0 Å². The molecule has 0 aromatic heterocycles. The zero-order valence-corrected chi connectivity index (χ0v) is 18.8. The largest absolute Gasteiger partial charge is 0.494 e. The average Bonchev–Trinajstić information content (AvgIpc) is 2.70. The van der Waals surface area contributed by atoms with E-state index in [-0.39, 0.29) is 6.03 Å². The van der Waals surface area contributed by atoms with Crippen LogP contribution in [0.1, 0.15) is 58.3 Å². The first-order valence-corrected chi connectivity index (χ1v) is 11.3. The van der Waals surface area contributed by atoms with Gasteiger partial charge in [0.25, 0.3) is 0 Å². The van der Waals surface area contributed by atoms with Crippen LogP contribution in [0.2, 0.25) is 0 Å². The van der Waals surface area contributed by atoms with Crippen molar-refractivity contribution < 1.29 is 9.53 Å². The van der Waals surface area contributed by atoms with Crippen LogP contribution in [0.5, 0.6) is 5.75 Å². The van der Waals surface area contributed by atoms with Gasteiger partial charge in [-0.3, -0.25) is 0 Å². The second-order valence-electron chi connectivity index (χ2n) is 6.93. The molecule has 2 N–H and O–H groups in total. The molecule has 2 amide bonds. The normalized spacial score (nSPS) is 10.5. The summed E-state index contributed by atoms with van der Waals surface area (Å²) in [5.41, 5.74) is 1.51. The highest BCUT2D eigenvalue weighted by Crippen LogP contribution is 2.17. The molecule has 0 spiro atoms. The van der Waals surface area contributed by atoms with Gasteiger partial charge in [-0.25, -0.2) is 4.79 Å². The molecule has 2 aromatic rings. The number of hydrogen-bond acceptors (Lipinski definition) is 2. The molecule has 0 fully saturated rings. The van der Waals surface area contributed by atoms with Crippen molar-refractivity contribution in [3.05, 3.63) is 52.1 Å². The minimum absolute atomic E-state index is 0.256. The predicted octanol–water partition coefficient (Wildman–Crippen LogP) is 7.45. The number of rotatable bonds is 12. The number of urea groups is 1. The Morgan fingerprint density at radius 2 is 1.29 bits per heavy atom. The van der Waals surface area contributed by atoms with E-state index in [2.05, 4.69) is 40.1 Å². The summed E-state index contributed by atoms with van der Waals surface area (Å²) in [6, 6.07) is 14.9. The van der Waals surface area contributed by atoms with Crippen molar-refractivity contribution in [3.63, 3.8) is 0 Å². The van der Waals surface area contributed by atoms with E-state index >= 15 is 0 Å². The number of nitrogens with one attached hydrogen (secondary N) is 2. The van der Waals surface area contributed by atoms with Crippen molar-refractivity contribution in [2.24, 2.45) is 0 Å². The fourth-order valence-electron chi connectivity index (χ4n) is 2.89. The van der Waals surface area contributed by atoms with Gasteiger partial charge in [0.1, 0.15) is 5.75 Å². The molecule has 2 rings (SSSR count). The summed E-state index contributed by atoms with van der Waals surface area (Å²) in [5.74, 6) is 0.839. The lowest BCUT2D eigenvalue weighted by molar-refractivity contribution is 0.262. The molecular formula is C23H31IN2O2. The van der Waals surface area contributed by atoms with E-state index in [0.717, 1.165) is 33.7 Å². The molecule has 2 aromatic carbocycles. The summed E-state index contributed by atoms with van der Waals surface area (Å²) in [7, 11) is 0. The minimum atomic E-state index is -0.256. The Morgan fingerprint density at radius 3 is 1.86 bits per heavy atom.